The molecule has 2 N–H and O–H groups in total. The van der Waals surface area contributed by atoms with Crippen molar-refractivity contribution in [2.24, 2.45) is 11.7 Å². The lowest BCUT2D eigenvalue weighted by Crippen LogP contribution is -2.12. The number of hydrogen-bond acceptors (Lipinski definition) is 4. The van der Waals surface area contributed by atoms with Gasteiger partial charge in [0.05, 0.1) is 12.8 Å². The van der Waals surface area contributed by atoms with Crippen molar-refractivity contribution in [1.29, 1.82) is 0 Å². The predicted molar refractivity (Wildman–Crippen MR) is 63.2 cm³/mol. The number of nitrogens with two attached hydrogens (primary N) is 1. The first-order valence-electron chi connectivity index (χ1n) is 5.68. The molecule has 0 aromatic carbocycles. The normalized spacial score (nSPS) is 10.9. The molecule has 0 amide bonds. The Morgan fingerprint density at radius 1 is 1.41 bits per heavy atom. The van der Waals surface area contributed by atoms with Crippen molar-refractivity contribution in [3.05, 3.63) is 23.6 Å². The minimum absolute atomic E-state index is 0.201. The standard InChI is InChI=1S/C12H19FN2O2/c1-9(2)8-16-3-4-17-12-10(6-14)5-11(13)7-15-12/h5,7,9H,3-4,6,8,14H2,1-2H3. The lowest BCUT2D eigenvalue weighted by Gasteiger charge is -2.10. The van der Waals surface area contributed by atoms with Gasteiger partial charge in [0.25, 0.3) is 0 Å². The molecule has 5 heteroatoms. The van der Waals surface area contributed by atoms with E-state index in [0.717, 1.165) is 6.20 Å². The molecular formula is C12H19FN2O2. The van der Waals surface area contributed by atoms with Gasteiger partial charge in [-0.25, -0.2) is 9.37 Å². The van der Waals surface area contributed by atoms with Gasteiger partial charge in [-0.15, -0.1) is 0 Å². The molecule has 0 aliphatic heterocycles. The Labute approximate surface area is 101 Å². The highest BCUT2D eigenvalue weighted by atomic mass is 19.1. The summed E-state index contributed by atoms with van der Waals surface area (Å²) in [6.07, 6.45) is 1.11. The van der Waals surface area contributed by atoms with Crippen LogP contribution in [-0.4, -0.2) is 24.8 Å². The molecule has 0 atom stereocenters. The van der Waals surface area contributed by atoms with E-state index in [2.05, 4.69) is 18.8 Å². The second kappa shape index (κ2) is 7.19. The van der Waals surface area contributed by atoms with Crippen molar-refractivity contribution in [2.45, 2.75) is 20.4 Å². The zero-order valence-electron chi connectivity index (χ0n) is 10.3. The van der Waals surface area contributed by atoms with Gasteiger partial charge in [0.2, 0.25) is 5.88 Å². The molecule has 0 spiro atoms. The van der Waals surface area contributed by atoms with Crippen LogP contribution in [0.1, 0.15) is 19.4 Å². The lowest BCUT2D eigenvalue weighted by atomic mass is 10.2. The number of pyridine rings is 1. The maximum absolute atomic E-state index is 12.9. The number of ether oxygens (including phenoxy) is 2. The highest BCUT2D eigenvalue weighted by molar-refractivity contribution is 5.25. The fourth-order valence-corrected chi connectivity index (χ4v) is 1.26. The number of nitrogens with zero attached hydrogens (tertiary/aromatic N) is 1. The first-order valence-corrected chi connectivity index (χ1v) is 5.68. The van der Waals surface area contributed by atoms with Crippen LogP contribution in [0.4, 0.5) is 4.39 Å². The molecular weight excluding hydrogens is 223 g/mol. The van der Waals surface area contributed by atoms with E-state index < -0.39 is 5.82 Å². The second-order valence-corrected chi connectivity index (χ2v) is 4.14. The van der Waals surface area contributed by atoms with E-state index in [9.17, 15) is 4.39 Å². The minimum Gasteiger partial charge on any atom is -0.475 e. The van der Waals surface area contributed by atoms with E-state index in [1.54, 1.807) is 0 Å². The first-order chi connectivity index (χ1) is 8.13. The first kappa shape index (κ1) is 13.9. The Balaban J connectivity index is 2.36. The van der Waals surface area contributed by atoms with Gasteiger partial charge in [-0.1, -0.05) is 13.8 Å². The fourth-order valence-electron chi connectivity index (χ4n) is 1.26. The zero-order chi connectivity index (χ0) is 12.7. The summed E-state index contributed by atoms with van der Waals surface area (Å²) < 4.78 is 23.6. The Bertz CT molecular complexity index is 345. The highest BCUT2D eigenvalue weighted by Gasteiger charge is 2.05. The van der Waals surface area contributed by atoms with E-state index in [1.807, 2.05) is 0 Å². The van der Waals surface area contributed by atoms with Crippen LogP contribution in [0.5, 0.6) is 5.88 Å². The van der Waals surface area contributed by atoms with Gasteiger partial charge >= 0.3 is 0 Å². The molecule has 17 heavy (non-hydrogen) atoms. The second-order valence-electron chi connectivity index (χ2n) is 4.14. The summed E-state index contributed by atoms with van der Waals surface area (Å²) in [5.41, 5.74) is 6.04. The maximum Gasteiger partial charge on any atom is 0.218 e. The number of aromatic nitrogens is 1. The molecule has 0 radical (unpaired) electrons. The summed E-state index contributed by atoms with van der Waals surface area (Å²) in [6.45, 7) is 5.93. The predicted octanol–water partition coefficient (Wildman–Crippen LogP) is 1.73. The van der Waals surface area contributed by atoms with Crippen molar-refractivity contribution in [1.82, 2.24) is 4.98 Å². The summed E-state index contributed by atoms with van der Waals surface area (Å²) >= 11 is 0. The van der Waals surface area contributed by atoms with Crippen LogP contribution in [0.25, 0.3) is 0 Å². The molecule has 0 aliphatic carbocycles. The van der Waals surface area contributed by atoms with Crippen molar-refractivity contribution >= 4 is 0 Å². The average Bonchev–Trinajstić information content (AvgIpc) is 2.29. The Hall–Kier alpha value is -1.20. The molecule has 1 heterocycles. The summed E-state index contributed by atoms with van der Waals surface area (Å²) in [6, 6.07) is 1.33. The topological polar surface area (TPSA) is 57.4 Å². The zero-order valence-corrected chi connectivity index (χ0v) is 10.3. The van der Waals surface area contributed by atoms with Gasteiger partial charge in [-0.2, -0.15) is 0 Å². The summed E-state index contributed by atoms with van der Waals surface area (Å²) in [7, 11) is 0. The molecule has 0 saturated carbocycles. The smallest absolute Gasteiger partial charge is 0.218 e. The Morgan fingerprint density at radius 2 is 2.18 bits per heavy atom. The third-order valence-electron chi connectivity index (χ3n) is 2.03. The van der Waals surface area contributed by atoms with Crippen LogP contribution in [0.2, 0.25) is 0 Å². The van der Waals surface area contributed by atoms with Gasteiger partial charge in [0, 0.05) is 18.7 Å². The van der Waals surface area contributed by atoms with Crippen LogP contribution in [-0.2, 0) is 11.3 Å². The molecule has 0 aliphatic rings. The quantitative estimate of drug-likeness (QED) is 0.740. The minimum atomic E-state index is -0.408. The van der Waals surface area contributed by atoms with Crippen molar-refractivity contribution in [3.8, 4) is 5.88 Å². The summed E-state index contributed by atoms with van der Waals surface area (Å²) in [5, 5.41) is 0. The highest BCUT2D eigenvalue weighted by Crippen LogP contribution is 2.15. The van der Waals surface area contributed by atoms with E-state index in [4.69, 9.17) is 15.2 Å². The number of halogens is 1. The molecule has 0 bridgehead atoms. The van der Waals surface area contributed by atoms with E-state index >= 15 is 0 Å². The SMILES string of the molecule is CC(C)COCCOc1ncc(F)cc1CN. The van der Waals surface area contributed by atoms with Crippen molar-refractivity contribution in [2.75, 3.05) is 19.8 Å². The molecule has 1 aromatic heterocycles. The van der Waals surface area contributed by atoms with Gasteiger partial charge in [0.15, 0.2) is 0 Å². The van der Waals surface area contributed by atoms with Gasteiger partial charge < -0.3 is 15.2 Å². The monoisotopic (exact) mass is 242 g/mol. The third kappa shape index (κ3) is 5.10. The van der Waals surface area contributed by atoms with Gasteiger partial charge in [0.1, 0.15) is 12.4 Å². The fraction of sp³-hybridized carbons (Fsp3) is 0.583. The van der Waals surface area contributed by atoms with Crippen LogP contribution in [0.15, 0.2) is 12.3 Å². The molecule has 0 saturated heterocycles. The van der Waals surface area contributed by atoms with Gasteiger partial charge in [-0.3, -0.25) is 0 Å². The van der Waals surface area contributed by atoms with E-state index in [1.165, 1.54) is 6.07 Å². The summed E-state index contributed by atoms with van der Waals surface area (Å²) in [5.74, 6) is 0.467. The van der Waals surface area contributed by atoms with Gasteiger partial charge in [-0.05, 0) is 12.0 Å². The van der Waals surface area contributed by atoms with Crippen LogP contribution in [0.3, 0.4) is 0 Å². The molecule has 96 valence electrons. The van der Waals surface area contributed by atoms with Crippen molar-refractivity contribution < 1.29 is 13.9 Å². The molecule has 0 unspecified atom stereocenters. The molecule has 1 rings (SSSR count). The van der Waals surface area contributed by atoms with E-state index in [-0.39, 0.29) is 6.54 Å². The lowest BCUT2D eigenvalue weighted by molar-refractivity contribution is 0.0803. The average molecular weight is 242 g/mol. The molecule has 4 nitrogen and oxygen atoms in total. The molecule has 0 fully saturated rings. The van der Waals surface area contributed by atoms with E-state index in [0.29, 0.717) is 37.2 Å². The van der Waals surface area contributed by atoms with Crippen LogP contribution in [0, 0.1) is 11.7 Å². The Morgan fingerprint density at radius 3 is 2.82 bits per heavy atom. The third-order valence-corrected chi connectivity index (χ3v) is 2.03. The number of rotatable bonds is 7. The Kier molecular flexibility index (Phi) is 5.86. The van der Waals surface area contributed by atoms with Crippen molar-refractivity contribution in [3.63, 3.8) is 0 Å². The maximum atomic E-state index is 12.9. The summed E-state index contributed by atoms with van der Waals surface area (Å²) in [4.78, 5) is 3.85. The van der Waals surface area contributed by atoms with Crippen LogP contribution < -0.4 is 10.5 Å². The largest absolute Gasteiger partial charge is 0.475 e. The van der Waals surface area contributed by atoms with Crippen LogP contribution >= 0.6 is 0 Å². The number of hydrogen-bond donors (Lipinski definition) is 1. The molecule has 1 aromatic rings.